The van der Waals surface area contributed by atoms with E-state index in [9.17, 15) is 4.79 Å². The van der Waals surface area contributed by atoms with Crippen LogP contribution in [0, 0.1) is 0 Å². The maximum absolute atomic E-state index is 12.5. The van der Waals surface area contributed by atoms with Gasteiger partial charge in [0, 0.05) is 24.6 Å². The van der Waals surface area contributed by atoms with Crippen molar-refractivity contribution in [2.45, 2.75) is 31.7 Å². The van der Waals surface area contributed by atoms with Gasteiger partial charge in [0.15, 0.2) is 0 Å². The number of benzene rings is 1. The van der Waals surface area contributed by atoms with E-state index in [4.69, 9.17) is 9.47 Å². The molecule has 0 spiro atoms. The molecule has 122 valence electrons. The van der Waals surface area contributed by atoms with Gasteiger partial charge in [-0.3, -0.25) is 4.79 Å². The zero-order valence-electron chi connectivity index (χ0n) is 13.7. The molecular weight excluding hydrogens is 280 g/mol. The molecule has 0 bridgehead atoms. The smallest absolute Gasteiger partial charge is 0.223 e. The van der Waals surface area contributed by atoms with Gasteiger partial charge in [-0.1, -0.05) is 0 Å². The second kappa shape index (κ2) is 8.03. The van der Waals surface area contributed by atoms with Crippen LogP contribution in [0.5, 0.6) is 11.5 Å². The maximum Gasteiger partial charge on any atom is 0.223 e. The Morgan fingerprint density at radius 1 is 1.36 bits per heavy atom. The number of likely N-dealkylation sites (tertiary alicyclic amines) is 1. The molecule has 1 aromatic rings. The molecule has 1 fully saturated rings. The van der Waals surface area contributed by atoms with Crippen LogP contribution in [0.15, 0.2) is 18.2 Å². The lowest BCUT2D eigenvalue weighted by Crippen LogP contribution is -2.31. The molecular formula is C17H26N2O3. The van der Waals surface area contributed by atoms with Gasteiger partial charge in [-0.2, -0.15) is 0 Å². The largest absolute Gasteiger partial charge is 0.497 e. The SMILES string of the molecule is CNCCCC(=O)N1CCCC1c1ccc(OC)cc1OC. The van der Waals surface area contributed by atoms with Gasteiger partial charge < -0.3 is 19.7 Å². The summed E-state index contributed by atoms with van der Waals surface area (Å²) in [6, 6.07) is 5.95. The Balaban J connectivity index is 2.14. The highest BCUT2D eigenvalue weighted by Crippen LogP contribution is 2.38. The van der Waals surface area contributed by atoms with Crippen LogP contribution in [0.2, 0.25) is 0 Å². The van der Waals surface area contributed by atoms with Gasteiger partial charge in [0.2, 0.25) is 5.91 Å². The van der Waals surface area contributed by atoms with Crippen molar-refractivity contribution in [1.82, 2.24) is 10.2 Å². The fourth-order valence-corrected chi connectivity index (χ4v) is 3.04. The van der Waals surface area contributed by atoms with Crippen LogP contribution in [-0.2, 0) is 4.79 Å². The topological polar surface area (TPSA) is 50.8 Å². The van der Waals surface area contributed by atoms with E-state index in [1.165, 1.54) is 0 Å². The third-order valence-electron chi connectivity index (χ3n) is 4.19. The lowest BCUT2D eigenvalue weighted by Gasteiger charge is -2.26. The van der Waals surface area contributed by atoms with Gasteiger partial charge in [0.05, 0.1) is 20.3 Å². The first kappa shape index (κ1) is 16.6. The molecule has 1 N–H and O–H groups in total. The van der Waals surface area contributed by atoms with Crippen LogP contribution in [0.3, 0.4) is 0 Å². The molecule has 0 aromatic heterocycles. The molecule has 0 radical (unpaired) electrons. The normalized spacial score (nSPS) is 17.6. The first-order chi connectivity index (χ1) is 10.7. The molecule has 1 aromatic carbocycles. The highest BCUT2D eigenvalue weighted by atomic mass is 16.5. The zero-order chi connectivity index (χ0) is 15.9. The first-order valence-corrected chi connectivity index (χ1v) is 7.87. The summed E-state index contributed by atoms with van der Waals surface area (Å²) in [6.07, 6.45) is 3.49. The average Bonchev–Trinajstić information content (AvgIpc) is 3.03. The van der Waals surface area contributed by atoms with Crippen molar-refractivity contribution >= 4 is 5.91 Å². The predicted octanol–water partition coefficient (Wildman–Crippen LogP) is 2.37. The van der Waals surface area contributed by atoms with E-state index in [0.717, 1.165) is 49.4 Å². The fraction of sp³-hybridized carbons (Fsp3) is 0.588. The minimum atomic E-state index is 0.114. The predicted molar refractivity (Wildman–Crippen MR) is 86.4 cm³/mol. The summed E-state index contributed by atoms with van der Waals surface area (Å²) in [5.74, 6) is 1.79. The van der Waals surface area contributed by atoms with E-state index in [2.05, 4.69) is 5.32 Å². The number of hydrogen-bond donors (Lipinski definition) is 1. The molecule has 1 amide bonds. The summed E-state index contributed by atoms with van der Waals surface area (Å²) in [7, 11) is 5.21. The zero-order valence-corrected chi connectivity index (χ0v) is 13.7. The van der Waals surface area contributed by atoms with Crippen molar-refractivity contribution in [2.24, 2.45) is 0 Å². The maximum atomic E-state index is 12.5. The number of nitrogens with zero attached hydrogens (tertiary/aromatic N) is 1. The standard InChI is InChI=1S/C17H26N2O3/c1-18-10-4-7-17(20)19-11-5-6-15(19)14-9-8-13(21-2)12-16(14)22-3/h8-9,12,15,18H,4-7,10-11H2,1-3H3. The Morgan fingerprint density at radius 2 is 2.18 bits per heavy atom. The second-order valence-corrected chi connectivity index (χ2v) is 5.56. The molecule has 5 heteroatoms. The van der Waals surface area contributed by atoms with Crippen LogP contribution in [-0.4, -0.2) is 45.2 Å². The lowest BCUT2D eigenvalue weighted by molar-refractivity contribution is -0.132. The summed E-state index contributed by atoms with van der Waals surface area (Å²) in [5.41, 5.74) is 1.07. The van der Waals surface area contributed by atoms with Crippen molar-refractivity contribution in [3.8, 4) is 11.5 Å². The summed E-state index contributed by atoms with van der Waals surface area (Å²) in [4.78, 5) is 14.5. The number of rotatable bonds is 7. The molecule has 5 nitrogen and oxygen atoms in total. The lowest BCUT2D eigenvalue weighted by atomic mass is 10.0. The number of nitrogens with one attached hydrogen (secondary N) is 1. The van der Waals surface area contributed by atoms with Crippen LogP contribution in [0.25, 0.3) is 0 Å². The second-order valence-electron chi connectivity index (χ2n) is 5.56. The minimum Gasteiger partial charge on any atom is -0.497 e. The number of methoxy groups -OCH3 is 2. The highest BCUT2D eigenvalue weighted by Gasteiger charge is 2.31. The van der Waals surface area contributed by atoms with E-state index in [-0.39, 0.29) is 11.9 Å². The van der Waals surface area contributed by atoms with E-state index in [1.54, 1.807) is 14.2 Å². The Labute approximate surface area is 132 Å². The van der Waals surface area contributed by atoms with E-state index < -0.39 is 0 Å². The van der Waals surface area contributed by atoms with Gasteiger partial charge in [0.25, 0.3) is 0 Å². The van der Waals surface area contributed by atoms with Gasteiger partial charge in [-0.05, 0) is 45.0 Å². The van der Waals surface area contributed by atoms with Crippen LogP contribution < -0.4 is 14.8 Å². The van der Waals surface area contributed by atoms with Gasteiger partial charge >= 0.3 is 0 Å². The molecule has 1 heterocycles. The average molecular weight is 306 g/mol. The number of ether oxygens (including phenoxy) is 2. The number of carbonyl (C=O) groups is 1. The number of amides is 1. The summed E-state index contributed by atoms with van der Waals surface area (Å²) in [5, 5.41) is 3.08. The number of carbonyl (C=O) groups excluding carboxylic acids is 1. The summed E-state index contributed by atoms with van der Waals surface area (Å²) >= 11 is 0. The Kier molecular flexibility index (Phi) is 6.07. The summed E-state index contributed by atoms with van der Waals surface area (Å²) < 4.78 is 10.7. The molecule has 2 rings (SSSR count). The monoisotopic (exact) mass is 306 g/mol. The molecule has 1 aliphatic heterocycles. The van der Waals surface area contributed by atoms with E-state index in [1.807, 2.05) is 30.1 Å². The molecule has 0 saturated carbocycles. The molecule has 1 saturated heterocycles. The van der Waals surface area contributed by atoms with Crippen LogP contribution in [0.4, 0.5) is 0 Å². The Hall–Kier alpha value is -1.75. The van der Waals surface area contributed by atoms with Gasteiger partial charge in [0.1, 0.15) is 11.5 Å². The molecule has 22 heavy (non-hydrogen) atoms. The third-order valence-corrected chi connectivity index (χ3v) is 4.19. The van der Waals surface area contributed by atoms with Crippen molar-refractivity contribution < 1.29 is 14.3 Å². The highest BCUT2D eigenvalue weighted by molar-refractivity contribution is 5.77. The number of hydrogen-bond acceptors (Lipinski definition) is 4. The third kappa shape index (κ3) is 3.71. The molecule has 1 aliphatic rings. The van der Waals surface area contributed by atoms with Gasteiger partial charge in [-0.25, -0.2) is 0 Å². The van der Waals surface area contributed by atoms with Crippen molar-refractivity contribution in [3.05, 3.63) is 23.8 Å². The molecule has 1 unspecified atom stereocenters. The van der Waals surface area contributed by atoms with Crippen molar-refractivity contribution in [1.29, 1.82) is 0 Å². The fourth-order valence-electron chi connectivity index (χ4n) is 3.04. The van der Waals surface area contributed by atoms with E-state index >= 15 is 0 Å². The Morgan fingerprint density at radius 3 is 2.86 bits per heavy atom. The summed E-state index contributed by atoms with van der Waals surface area (Å²) in [6.45, 7) is 1.70. The molecule has 1 atom stereocenters. The minimum absolute atomic E-state index is 0.114. The molecule has 0 aliphatic carbocycles. The first-order valence-electron chi connectivity index (χ1n) is 7.87. The van der Waals surface area contributed by atoms with Crippen LogP contribution in [0.1, 0.15) is 37.3 Å². The van der Waals surface area contributed by atoms with Crippen molar-refractivity contribution in [3.63, 3.8) is 0 Å². The van der Waals surface area contributed by atoms with E-state index in [0.29, 0.717) is 6.42 Å². The Bertz CT molecular complexity index is 505. The van der Waals surface area contributed by atoms with Crippen LogP contribution >= 0.6 is 0 Å². The quantitative estimate of drug-likeness (QED) is 0.786. The van der Waals surface area contributed by atoms with Gasteiger partial charge in [-0.15, -0.1) is 0 Å². The van der Waals surface area contributed by atoms with Crippen molar-refractivity contribution in [2.75, 3.05) is 34.4 Å².